The van der Waals surface area contributed by atoms with Crippen LogP contribution in [0.1, 0.15) is 15.9 Å². The second-order valence-electron chi connectivity index (χ2n) is 5.17. The van der Waals surface area contributed by atoms with Crippen LogP contribution < -0.4 is 5.32 Å². The van der Waals surface area contributed by atoms with Gasteiger partial charge in [-0.15, -0.1) is 0 Å². The van der Waals surface area contributed by atoms with Crippen LogP contribution in [0.2, 0.25) is 0 Å². The third-order valence-electron chi connectivity index (χ3n) is 3.61. The Bertz CT molecular complexity index is 930. The average molecular weight is 316 g/mol. The van der Waals surface area contributed by atoms with E-state index in [1.807, 2.05) is 24.3 Å². The summed E-state index contributed by atoms with van der Waals surface area (Å²) in [6.07, 6.45) is 0. The molecule has 0 spiro atoms. The summed E-state index contributed by atoms with van der Waals surface area (Å²) in [6.45, 7) is 0. The molecule has 1 amide bonds. The van der Waals surface area contributed by atoms with Gasteiger partial charge in [0.1, 0.15) is 11.9 Å². The Balaban J connectivity index is 1.87. The summed E-state index contributed by atoms with van der Waals surface area (Å²) in [5, 5.41) is 11.7. The van der Waals surface area contributed by atoms with Gasteiger partial charge in [-0.25, -0.2) is 4.39 Å². The summed E-state index contributed by atoms with van der Waals surface area (Å²) in [5.74, 6) is -0.932. The van der Waals surface area contributed by atoms with Crippen molar-refractivity contribution in [1.82, 2.24) is 0 Å². The first-order valence-corrected chi connectivity index (χ1v) is 7.34. The van der Waals surface area contributed by atoms with Crippen LogP contribution in [0, 0.1) is 17.1 Å². The molecule has 0 heterocycles. The lowest BCUT2D eigenvalue weighted by Gasteiger charge is -2.09. The standard InChI is InChI=1S/C20H13FN2O/c21-18-12-15(10-11-17(18)14-6-2-1-3-7-14)20(24)23-19-9-5-4-8-16(19)13-22/h1-12H,(H,23,24). The molecule has 0 saturated heterocycles. The molecule has 0 radical (unpaired) electrons. The van der Waals surface area contributed by atoms with E-state index >= 15 is 0 Å². The van der Waals surface area contributed by atoms with E-state index in [2.05, 4.69) is 5.32 Å². The van der Waals surface area contributed by atoms with Gasteiger partial charge in [-0.05, 0) is 29.8 Å². The Morgan fingerprint density at radius 1 is 0.958 bits per heavy atom. The molecule has 4 heteroatoms. The van der Waals surface area contributed by atoms with Gasteiger partial charge in [0.2, 0.25) is 0 Å². The Labute approximate surface area is 139 Å². The molecule has 3 nitrogen and oxygen atoms in total. The van der Waals surface area contributed by atoms with Crippen LogP contribution >= 0.6 is 0 Å². The highest BCUT2D eigenvalue weighted by Gasteiger charge is 2.12. The Morgan fingerprint density at radius 3 is 2.38 bits per heavy atom. The lowest BCUT2D eigenvalue weighted by atomic mass is 10.0. The quantitative estimate of drug-likeness (QED) is 0.766. The molecular formula is C20H13FN2O. The number of hydrogen-bond donors (Lipinski definition) is 1. The lowest BCUT2D eigenvalue weighted by Crippen LogP contribution is -2.13. The Kier molecular flexibility index (Phi) is 4.35. The first-order chi connectivity index (χ1) is 11.7. The van der Waals surface area contributed by atoms with Gasteiger partial charge >= 0.3 is 0 Å². The number of carbonyl (C=O) groups is 1. The molecule has 3 aromatic rings. The summed E-state index contributed by atoms with van der Waals surface area (Å²) < 4.78 is 14.3. The molecule has 116 valence electrons. The summed E-state index contributed by atoms with van der Waals surface area (Å²) >= 11 is 0. The summed E-state index contributed by atoms with van der Waals surface area (Å²) in [5.41, 5.74) is 2.13. The van der Waals surface area contributed by atoms with Crippen LogP contribution in [0.5, 0.6) is 0 Å². The maximum absolute atomic E-state index is 14.3. The number of halogens is 1. The van der Waals surface area contributed by atoms with Crippen molar-refractivity contribution in [3.8, 4) is 17.2 Å². The number of anilines is 1. The molecule has 1 N–H and O–H groups in total. The molecule has 3 aromatic carbocycles. The van der Waals surface area contributed by atoms with Crippen LogP contribution in [0.3, 0.4) is 0 Å². The van der Waals surface area contributed by atoms with E-state index in [4.69, 9.17) is 5.26 Å². The molecule has 0 saturated carbocycles. The number of hydrogen-bond acceptors (Lipinski definition) is 2. The molecule has 24 heavy (non-hydrogen) atoms. The van der Waals surface area contributed by atoms with Crippen LogP contribution in [0.25, 0.3) is 11.1 Å². The van der Waals surface area contributed by atoms with Crippen LogP contribution in [-0.4, -0.2) is 5.91 Å². The highest BCUT2D eigenvalue weighted by Crippen LogP contribution is 2.24. The lowest BCUT2D eigenvalue weighted by molar-refractivity contribution is 0.102. The second-order valence-corrected chi connectivity index (χ2v) is 5.17. The zero-order chi connectivity index (χ0) is 16.9. The molecule has 0 aliphatic heterocycles. The minimum atomic E-state index is -0.470. The Hall–Kier alpha value is -3.45. The summed E-state index contributed by atoms with van der Waals surface area (Å²) in [7, 11) is 0. The summed E-state index contributed by atoms with van der Waals surface area (Å²) in [6, 6.07) is 22.1. The van der Waals surface area contributed by atoms with Crippen molar-refractivity contribution in [3.63, 3.8) is 0 Å². The average Bonchev–Trinajstić information content (AvgIpc) is 2.62. The van der Waals surface area contributed by atoms with Crippen molar-refractivity contribution in [3.05, 3.63) is 89.7 Å². The molecule has 0 atom stereocenters. The van der Waals surface area contributed by atoms with E-state index in [1.54, 1.807) is 48.5 Å². The Morgan fingerprint density at radius 2 is 1.67 bits per heavy atom. The van der Waals surface area contributed by atoms with E-state index in [1.165, 1.54) is 6.07 Å². The van der Waals surface area contributed by atoms with Gasteiger partial charge in [-0.1, -0.05) is 48.5 Å². The van der Waals surface area contributed by atoms with Crippen LogP contribution in [-0.2, 0) is 0 Å². The molecule has 0 unspecified atom stereocenters. The fraction of sp³-hybridized carbons (Fsp3) is 0. The highest BCUT2D eigenvalue weighted by atomic mass is 19.1. The highest BCUT2D eigenvalue weighted by molar-refractivity contribution is 6.05. The van der Waals surface area contributed by atoms with E-state index < -0.39 is 11.7 Å². The third-order valence-corrected chi connectivity index (χ3v) is 3.61. The van der Waals surface area contributed by atoms with E-state index in [0.29, 0.717) is 16.8 Å². The molecule has 0 aliphatic rings. The second kappa shape index (κ2) is 6.76. The van der Waals surface area contributed by atoms with Crippen molar-refractivity contribution in [2.24, 2.45) is 0 Å². The first-order valence-electron chi connectivity index (χ1n) is 7.34. The minimum absolute atomic E-state index is 0.194. The number of nitrogens with zero attached hydrogens (tertiary/aromatic N) is 1. The number of para-hydroxylation sites is 1. The van der Waals surface area contributed by atoms with Crippen molar-refractivity contribution >= 4 is 11.6 Å². The zero-order valence-corrected chi connectivity index (χ0v) is 12.7. The smallest absolute Gasteiger partial charge is 0.255 e. The molecule has 0 aliphatic carbocycles. The van der Waals surface area contributed by atoms with Gasteiger partial charge in [-0.2, -0.15) is 5.26 Å². The number of carbonyl (C=O) groups excluding carboxylic acids is 1. The zero-order valence-electron chi connectivity index (χ0n) is 12.7. The number of nitrogens with one attached hydrogen (secondary N) is 1. The number of amides is 1. The fourth-order valence-electron chi connectivity index (χ4n) is 2.39. The topological polar surface area (TPSA) is 52.9 Å². The predicted molar refractivity (Wildman–Crippen MR) is 90.9 cm³/mol. The normalized spacial score (nSPS) is 10.0. The van der Waals surface area contributed by atoms with Gasteiger partial charge in [0.15, 0.2) is 0 Å². The third kappa shape index (κ3) is 3.16. The van der Waals surface area contributed by atoms with Crippen molar-refractivity contribution < 1.29 is 9.18 Å². The maximum atomic E-state index is 14.3. The van der Waals surface area contributed by atoms with Crippen molar-refractivity contribution in [2.45, 2.75) is 0 Å². The maximum Gasteiger partial charge on any atom is 0.255 e. The van der Waals surface area contributed by atoms with E-state index in [0.717, 1.165) is 5.56 Å². The number of rotatable bonds is 3. The summed E-state index contributed by atoms with van der Waals surface area (Å²) in [4.78, 5) is 12.3. The largest absolute Gasteiger partial charge is 0.321 e. The fourth-order valence-corrected chi connectivity index (χ4v) is 2.39. The SMILES string of the molecule is N#Cc1ccccc1NC(=O)c1ccc(-c2ccccc2)c(F)c1. The van der Waals surface area contributed by atoms with Gasteiger partial charge in [-0.3, -0.25) is 4.79 Å². The van der Waals surface area contributed by atoms with Gasteiger partial charge < -0.3 is 5.32 Å². The van der Waals surface area contributed by atoms with Crippen molar-refractivity contribution in [1.29, 1.82) is 5.26 Å². The number of nitriles is 1. The van der Waals surface area contributed by atoms with Gasteiger partial charge in [0, 0.05) is 11.1 Å². The van der Waals surface area contributed by atoms with Crippen LogP contribution in [0.15, 0.2) is 72.8 Å². The van der Waals surface area contributed by atoms with E-state index in [-0.39, 0.29) is 5.56 Å². The molecule has 3 rings (SSSR count). The first kappa shape index (κ1) is 15.4. The van der Waals surface area contributed by atoms with Gasteiger partial charge in [0.05, 0.1) is 11.3 Å². The minimum Gasteiger partial charge on any atom is -0.321 e. The number of benzene rings is 3. The predicted octanol–water partition coefficient (Wildman–Crippen LogP) is 4.62. The monoisotopic (exact) mass is 316 g/mol. The van der Waals surface area contributed by atoms with Gasteiger partial charge in [0.25, 0.3) is 5.91 Å². The van der Waals surface area contributed by atoms with E-state index in [9.17, 15) is 9.18 Å². The molecule has 0 bridgehead atoms. The molecular weight excluding hydrogens is 303 g/mol. The van der Waals surface area contributed by atoms with Crippen molar-refractivity contribution in [2.75, 3.05) is 5.32 Å². The van der Waals surface area contributed by atoms with Crippen LogP contribution in [0.4, 0.5) is 10.1 Å². The molecule has 0 fully saturated rings. The molecule has 0 aromatic heterocycles.